The van der Waals surface area contributed by atoms with E-state index in [-0.39, 0.29) is 0 Å². The van der Waals surface area contributed by atoms with Crippen molar-refractivity contribution in [1.82, 2.24) is 0 Å². The molecule has 2 aromatic heterocycles. The second kappa shape index (κ2) is 12.9. The van der Waals surface area contributed by atoms with Crippen LogP contribution < -0.4 is 4.90 Å². The van der Waals surface area contributed by atoms with Gasteiger partial charge in [-0.05, 0) is 80.6 Å². The number of benzene rings is 9. The Kier molecular flexibility index (Phi) is 7.39. The van der Waals surface area contributed by atoms with Gasteiger partial charge in [-0.15, -0.1) is 11.3 Å². The van der Waals surface area contributed by atoms with Crippen molar-refractivity contribution in [3.05, 3.63) is 200 Å². The summed E-state index contributed by atoms with van der Waals surface area (Å²) in [5.41, 5.74) is 12.2. The van der Waals surface area contributed by atoms with Gasteiger partial charge in [-0.1, -0.05) is 164 Å². The summed E-state index contributed by atoms with van der Waals surface area (Å²) >= 11 is 1.86. The van der Waals surface area contributed by atoms with Gasteiger partial charge in [0.2, 0.25) is 0 Å². The van der Waals surface area contributed by atoms with E-state index in [1.807, 2.05) is 17.4 Å². The van der Waals surface area contributed by atoms with Crippen molar-refractivity contribution in [2.45, 2.75) is 0 Å². The van der Waals surface area contributed by atoms with Crippen LogP contribution >= 0.6 is 11.3 Å². The molecule has 2 nitrogen and oxygen atoms in total. The molecule has 0 bridgehead atoms. The van der Waals surface area contributed by atoms with E-state index in [1.165, 1.54) is 64.3 Å². The molecule has 0 amide bonds. The number of hydrogen-bond donors (Lipinski definition) is 0. The number of rotatable bonds is 6. The average Bonchev–Trinajstić information content (AvgIpc) is 3.84. The van der Waals surface area contributed by atoms with Gasteiger partial charge < -0.3 is 9.32 Å². The zero-order valence-electron chi connectivity index (χ0n) is 29.8. The summed E-state index contributed by atoms with van der Waals surface area (Å²) in [6.45, 7) is 0. The third kappa shape index (κ3) is 5.16. The minimum Gasteiger partial charge on any atom is -0.454 e. The van der Waals surface area contributed by atoms with Crippen LogP contribution in [-0.2, 0) is 0 Å². The maximum atomic E-state index is 6.74. The number of hydrogen-bond acceptors (Lipinski definition) is 3. The molecule has 0 saturated carbocycles. The van der Waals surface area contributed by atoms with Crippen molar-refractivity contribution in [3.8, 4) is 33.4 Å². The molecule has 0 atom stereocenters. The zero-order valence-corrected chi connectivity index (χ0v) is 30.6. The fourth-order valence-electron chi connectivity index (χ4n) is 8.38. The Labute approximate surface area is 322 Å². The van der Waals surface area contributed by atoms with Gasteiger partial charge in [0.15, 0.2) is 5.58 Å². The highest BCUT2D eigenvalue weighted by Gasteiger charge is 2.24. The molecule has 0 aliphatic carbocycles. The van der Waals surface area contributed by atoms with Gasteiger partial charge >= 0.3 is 0 Å². The molecule has 0 aliphatic rings. The standard InChI is InChI=1S/C52H33NOS/c1-3-14-34(15-4-1)41-32-33-45(50-44-21-10-12-25-48(44)55-52(41)50)53(46-23-13-22-43-42-20-9-11-24-47(42)54-51(43)46)38-29-26-36(27-30-38)40-31-28-35-16-7-8-19-39(35)49(40)37-17-5-2-6-18-37/h1-33H. The monoisotopic (exact) mass is 719 g/mol. The molecule has 0 radical (unpaired) electrons. The number of thiophene rings is 1. The quantitative estimate of drug-likeness (QED) is 0.170. The van der Waals surface area contributed by atoms with Crippen LogP contribution in [0, 0.1) is 0 Å². The number of fused-ring (bicyclic) bond motifs is 7. The SMILES string of the molecule is c1ccc(-c2c(-c3ccc(N(c4cccc5c4oc4ccccc45)c4ccc(-c5ccccc5)c5sc6ccccc6c45)cc3)ccc3ccccc23)cc1. The van der Waals surface area contributed by atoms with E-state index >= 15 is 0 Å². The Bertz CT molecular complexity index is 3190. The molecule has 0 unspecified atom stereocenters. The van der Waals surface area contributed by atoms with Crippen molar-refractivity contribution in [2.24, 2.45) is 0 Å². The first-order chi connectivity index (χ1) is 27.3. The first kappa shape index (κ1) is 31.6. The van der Waals surface area contributed by atoms with Crippen LogP contribution in [0.25, 0.3) is 86.3 Å². The summed E-state index contributed by atoms with van der Waals surface area (Å²) in [7, 11) is 0. The van der Waals surface area contributed by atoms with Gasteiger partial charge in [-0.3, -0.25) is 0 Å². The number of anilines is 3. The van der Waals surface area contributed by atoms with Gasteiger partial charge in [-0.25, -0.2) is 0 Å². The summed E-state index contributed by atoms with van der Waals surface area (Å²) in [6.07, 6.45) is 0. The second-order valence-electron chi connectivity index (χ2n) is 14.0. The summed E-state index contributed by atoms with van der Waals surface area (Å²) in [6, 6.07) is 72.1. The summed E-state index contributed by atoms with van der Waals surface area (Å²) in [5, 5.41) is 7.18. The Morgan fingerprint density at radius 2 is 1.04 bits per heavy atom. The van der Waals surface area contributed by atoms with E-state index in [0.717, 1.165) is 39.0 Å². The maximum Gasteiger partial charge on any atom is 0.159 e. The van der Waals surface area contributed by atoms with E-state index < -0.39 is 0 Å². The van der Waals surface area contributed by atoms with Crippen LogP contribution in [0.4, 0.5) is 17.1 Å². The first-order valence-electron chi connectivity index (χ1n) is 18.7. The third-order valence-corrected chi connectivity index (χ3v) is 12.1. The van der Waals surface area contributed by atoms with Crippen molar-refractivity contribution >= 4 is 81.3 Å². The van der Waals surface area contributed by atoms with E-state index in [9.17, 15) is 0 Å². The van der Waals surface area contributed by atoms with Gasteiger partial charge in [0.25, 0.3) is 0 Å². The van der Waals surface area contributed by atoms with Crippen molar-refractivity contribution in [2.75, 3.05) is 4.90 Å². The van der Waals surface area contributed by atoms with Crippen LogP contribution in [0.3, 0.4) is 0 Å². The van der Waals surface area contributed by atoms with E-state index in [1.54, 1.807) is 0 Å². The van der Waals surface area contributed by atoms with Crippen LogP contribution in [0.2, 0.25) is 0 Å². The lowest BCUT2D eigenvalue weighted by Gasteiger charge is -2.27. The lowest BCUT2D eigenvalue weighted by Crippen LogP contribution is -2.10. The lowest BCUT2D eigenvalue weighted by atomic mass is 9.89. The van der Waals surface area contributed by atoms with Crippen LogP contribution in [0.1, 0.15) is 0 Å². The lowest BCUT2D eigenvalue weighted by molar-refractivity contribution is 0.669. The Hall–Kier alpha value is -6.94. The van der Waals surface area contributed by atoms with Crippen molar-refractivity contribution in [1.29, 1.82) is 0 Å². The van der Waals surface area contributed by atoms with Gasteiger partial charge in [0, 0.05) is 36.6 Å². The smallest absolute Gasteiger partial charge is 0.159 e. The van der Waals surface area contributed by atoms with E-state index in [2.05, 4.69) is 199 Å². The van der Waals surface area contributed by atoms with Crippen LogP contribution in [0.15, 0.2) is 205 Å². The predicted octanol–water partition coefficient (Wildman–Crippen LogP) is 15.6. The topological polar surface area (TPSA) is 16.4 Å². The average molecular weight is 720 g/mol. The molecule has 3 heteroatoms. The molecule has 55 heavy (non-hydrogen) atoms. The highest BCUT2D eigenvalue weighted by molar-refractivity contribution is 7.26. The summed E-state index contributed by atoms with van der Waals surface area (Å²) in [5.74, 6) is 0. The van der Waals surface area contributed by atoms with E-state index in [4.69, 9.17) is 4.42 Å². The van der Waals surface area contributed by atoms with Crippen molar-refractivity contribution in [3.63, 3.8) is 0 Å². The molecular formula is C52H33NOS. The van der Waals surface area contributed by atoms with Crippen LogP contribution in [-0.4, -0.2) is 0 Å². The molecule has 11 rings (SSSR count). The first-order valence-corrected chi connectivity index (χ1v) is 19.5. The number of nitrogens with zero attached hydrogens (tertiary/aromatic N) is 1. The highest BCUT2D eigenvalue weighted by atomic mass is 32.1. The largest absolute Gasteiger partial charge is 0.454 e. The molecule has 0 spiro atoms. The minimum absolute atomic E-state index is 0.869. The third-order valence-electron chi connectivity index (χ3n) is 10.9. The molecule has 0 aliphatic heterocycles. The maximum absolute atomic E-state index is 6.74. The molecule has 0 N–H and O–H groups in total. The van der Waals surface area contributed by atoms with Gasteiger partial charge in [-0.2, -0.15) is 0 Å². The molecular weight excluding hydrogens is 687 g/mol. The highest BCUT2D eigenvalue weighted by Crippen LogP contribution is 2.50. The Balaban J connectivity index is 1.17. The minimum atomic E-state index is 0.869. The number of para-hydroxylation sites is 2. The molecule has 2 heterocycles. The van der Waals surface area contributed by atoms with E-state index in [0.29, 0.717) is 0 Å². The molecule has 0 fully saturated rings. The molecule has 9 aromatic carbocycles. The molecule has 11 aromatic rings. The van der Waals surface area contributed by atoms with Crippen molar-refractivity contribution < 1.29 is 4.42 Å². The normalized spacial score (nSPS) is 11.6. The van der Waals surface area contributed by atoms with Gasteiger partial charge in [0.05, 0.1) is 11.4 Å². The van der Waals surface area contributed by atoms with Gasteiger partial charge in [0.1, 0.15) is 5.58 Å². The van der Waals surface area contributed by atoms with Crippen LogP contribution in [0.5, 0.6) is 0 Å². The summed E-state index contributed by atoms with van der Waals surface area (Å²) < 4.78 is 9.28. The second-order valence-corrected chi connectivity index (χ2v) is 15.1. The predicted molar refractivity (Wildman–Crippen MR) is 235 cm³/mol. The Morgan fingerprint density at radius 1 is 0.400 bits per heavy atom. The Morgan fingerprint density at radius 3 is 1.85 bits per heavy atom. The molecule has 0 saturated heterocycles. The zero-order chi connectivity index (χ0) is 36.3. The fourth-order valence-corrected chi connectivity index (χ4v) is 9.64. The number of furan rings is 1. The molecule has 258 valence electrons. The fraction of sp³-hybridized carbons (Fsp3) is 0. The summed E-state index contributed by atoms with van der Waals surface area (Å²) in [4.78, 5) is 2.41.